The van der Waals surface area contributed by atoms with E-state index in [0.717, 1.165) is 50.5 Å². The number of benzene rings is 1. The molecule has 0 aromatic heterocycles. The Hall–Kier alpha value is -1.10. The molecule has 1 heterocycles. The fourth-order valence-electron chi connectivity index (χ4n) is 2.44. The summed E-state index contributed by atoms with van der Waals surface area (Å²) >= 11 is 0. The molecular formula is C15H24N2O2. The summed E-state index contributed by atoms with van der Waals surface area (Å²) in [7, 11) is 0. The lowest BCUT2D eigenvalue weighted by atomic mass is 10.1. The molecule has 2 N–H and O–H groups in total. The summed E-state index contributed by atoms with van der Waals surface area (Å²) < 4.78 is 5.57. The molecule has 0 aliphatic carbocycles. The largest absolute Gasteiger partial charge is 0.493 e. The van der Waals surface area contributed by atoms with Gasteiger partial charge in [-0.1, -0.05) is 18.2 Å². The van der Waals surface area contributed by atoms with E-state index in [0.29, 0.717) is 6.61 Å². The molecule has 1 atom stereocenters. The Labute approximate surface area is 115 Å². The van der Waals surface area contributed by atoms with Crippen molar-refractivity contribution in [3.63, 3.8) is 0 Å². The van der Waals surface area contributed by atoms with Crippen LogP contribution in [0.25, 0.3) is 0 Å². The molecule has 1 aliphatic heterocycles. The highest BCUT2D eigenvalue weighted by Gasteiger charge is 2.15. The summed E-state index contributed by atoms with van der Waals surface area (Å²) in [4.78, 5) is 2.39. The molecule has 4 nitrogen and oxygen atoms in total. The van der Waals surface area contributed by atoms with Crippen LogP contribution in [0.1, 0.15) is 25.0 Å². The van der Waals surface area contributed by atoms with Crippen molar-refractivity contribution in [2.24, 2.45) is 0 Å². The van der Waals surface area contributed by atoms with Gasteiger partial charge in [0.25, 0.3) is 0 Å². The van der Waals surface area contributed by atoms with E-state index in [1.807, 2.05) is 31.2 Å². The molecule has 4 heteroatoms. The number of aliphatic hydroxyl groups excluding tert-OH is 1. The van der Waals surface area contributed by atoms with Gasteiger partial charge in [0.1, 0.15) is 5.75 Å². The van der Waals surface area contributed by atoms with Crippen molar-refractivity contribution in [3.8, 4) is 5.75 Å². The third-order valence-electron chi connectivity index (χ3n) is 3.51. The Morgan fingerprint density at radius 2 is 2.05 bits per heavy atom. The van der Waals surface area contributed by atoms with Crippen molar-refractivity contribution in [2.45, 2.75) is 19.4 Å². The second-order valence-corrected chi connectivity index (χ2v) is 4.87. The van der Waals surface area contributed by atoms with Crippen molar-refractivity contribution in [1.29, 1.82) is 0 Å². The lowest BCUT2D eigenvalue weighted by Crippen LogP contribution is -2.44. The minimum Gasteiger partial charge on any atom is -0.493 e. The van der Waals surface area contributed by atoms with Gasteiger partial charge in [0.2, 0.25) is 0 Å². The van der Waals surface area contributed by atoms with Gasteiger partial charge in [0.15, 0.2) is 0 Å². The number of aliphatic hydroxyl groups is 1. The number of rotatable bonds is 6. The third-order valence-corrected chi connectivity index (χ3v) is 3.51. The smallest absolute Gasteiger partial charge is 0.125 e. The number of piperazine rings is 1. The van der Waals surface area contributed by atoms with E-state index in [-0.39, 0.29) is 0 Å². The highest BCUT2D eigenvalue weighted by molar-refractivity contribution is 5.35. The van der Waals surface area contributed by atoms with E-state index in [4.69, 9.17) is 4.74 Å². The molecule has 106 valence electrons. The molecule has 1 aromatic rings. The molecule has 1 aliphatic rings. The van der Waals surface area contributed by atoms with Crippen molar-refractivity contribution in [1.82, 2.24) is 10.2 Å². The zero-order chi connectivity index (χ0) is 13.5. The van der Waals surface area contributed by atoms with E-state index in [9.17, 15) is 5.11 Å². The highest BCUT2D eigenvalue weighted by Crippen LogP contribution is 2.27. The first-order valence-electron chi connectivity index (χ1n) is 7.14. The van der Waals surface area contributed by atoms with Gasteiger partial charge in [-0.15, -0.1) is 0 Å². The van der Waals surface area contributed by atoms with Gasteiger partial charge in [-0.05, 0) is 19.4 Å². The number of para-hydroxylation sites is 1. The average Bonchev–Trinajstić information content (AvgIpc) is 2.47. The Kier molecular flexibility index (Phi) is 5.63. The van der Waals surface area contributed by atoms with Crippen LogP contribution in [0.5, 0.6) is 5.75 Å². The van der Waals surface area contributed by atoms with Crippen molar-refractivity contribution >= 4 is 0 Å². The Morgan fingerprint density at radius 1 is 1.32 bits per heavy atom. The fraction of sp³-hybridized carbons (Fsp3) is 0.600. The minimum atomic E-state index is -0.447. The van der Waals surface area contributed by atoms with E-state index < -0.39 is 6.10 Å². The first kappa shape index (κ1) is 14.3. The number of nitrogens with zero attached hydrogens (tertiary/aromatic N) is 1. The van der Waals surface area contributed by atoms with Gasteiger partial charge in [-0.2, -0.15) is 0 Å². The molecule has 0 spiro atoms. The van der Waals surface area contributed by atoms with E-state index in [1.54, 1.807) is 0 Å². The first-order valence-corrected chi connectivity index (χ1v) is 7.14. The lowest BCUT2D eigenvalue weighted by Gasteiger charge is -2.28. The maximum Gasteiger partial charge on any atom is 0.125 e. The second-order valence-electron chi connectivity index (χ2n) is 4.87. The summed E-state index contributed by atoms with van der Waals surface area (Å²) in [6, 6.07) is 7.77. The molecule has 0 bridgehead atoms. The normalized spacial score (nSPS) is 18.2. The Balaban J connectivity index is 1.89. The van der Waals surface area contributed by atoms with Crippen LogP contribution in [0.3, 0.4) is 0 Å². The van der Waals surface area contributed by atoms with E-state index in [2.05, 4.69) is 10.2 Å². The second kappa shape index (κ2) is 7.48. The maximum absolute atomic E-state index is 10.3. The van der Waals surface area contributed by atoms with Crippen molar-refractivity contribution < 1.29 is 9.84 Å². The van der Waals surface area contributed by atoms with Crippen LogP contribution >= 0.6 is 0 Å². The van der Waals surface area contributed by atoms with Gasteiger partial charge < -0.3 is 20.1 Å². The number of hydrogen-bond donors (Lipinski definition) is 2. The molecular weight excluding hydrogens is 240 g/mol. The first-order chi connectivity index (χ1) is 9.31. The van der Waals surface area contributed by atoms with Crippen LogP contribution in [0.15, 0.2) is 24.3 Å². The third kappa shape index (κ3) is 4.20. The van der Waals surface area contributed by atoms with Gasteiger partial charge in [0.05, 0.1) is 12.7 Å². The zero-order valence-corrected chi connectivity index (χ0v) is 11.6. The molecule has 2 rings (SSSR count). The molecule has 0 amide bonds. The molecule has 0 radical (unpaired) electrons. The van der Waals surface area contributed by atoms with Crippen molar-refractivity contribution in [3.05, 3.63) is 29.8 Å². The van der Waals surface area contributed by atoms with Crippen LogP contribution < -0.4 is 10.1 Å². The number of nitrogens with one attached hydrogen (secondary N) is 1. The molecule has 0 saturated carbocycles. The Morgan fingerprint density at radius 3 is 2.79 bits per heavy atom. The monoisotopic (exact) mass is 264 g/mol. The maximum atomic E-state index is 10.3. The fourth-order valence-corrected chi connectivity index (χ4v) is 2.44. The molecule has 1 saturated heterocycles. The number of ether oxygens (including phenoxy) is 1. The van der Waals surface area contributed by atoms with Gasteiger partial charge in [-0.25, -0.2) is 0 Å². The number of hydrogen-bond acceptors (Lipinski definition) is 4. The van der Waals surface area contributed by atoms with Crippen LogP contribution in [0.4, 0.5) is 0 Å². The van der Waals surface area contributed by atoms with Crippen LogP contribution in [0, 0.1) is 0 Å². The summed E-state index contributed by atoms with van der Waals surface area (Å²) in [5, 5.41) is 13.7. The van der Waals surface area contributed by atoms with Crippen LogP contribution in [-0.4, -0.2) is 49.3 Å². The van der Waals surface area contributed by atoms with Gasteiger partial charge >= 0.3 is 0 Å². The quantitative estimate of drug-likeness (QED) is 0.815. The topological polar surface area (TPSA) is 44.7 Å². The minimum absolute atomic E-state index is 0.447. The summed E-state index contributed by atoms with van der Waals surface area (Å²) in [6.07, 6.45) is 0.307. The van der Waals surface area contributed by atoms with Gasteiger partial charge in [0, 0.05) is 38.3 Å². The van der Waals surface area contributed by atoms with Crippen molar-refractivity contribution in [2.75, 3.05) is 39.3 Å². The SMILES string of the molecule is CCOc1ccccc1C(O)CCN1CCNCC1. The summed E-state index contributed by atoms with van der Waals surface area (Å²) in [5.74, 6) is 0.804. The zero-order valence-electron chi connectivity index (χ0n) is 11.6. The standard InChI is InChI=1S/C15H24N2O2/c1-2-19-15-6-4-3-5-13(15)14(18)7-10-17-11-8-16-9-12-17/h3-6,14,16,18H,2,7-12H2,1H3. The van der Waals surface area contributed by atoms with Crippen LogP contribution in [0.2, 0.25) is 0 Å². The molecule has 1 aromatic carbocycles. The lowest BCUT2D eigenvalue weighted by molar-refractivity contribution is 0.133. The predicted molar refractivity (Wildman–Crippen MR) is 76.5 cm³/mol. The van der Waals surface area contributed by atoms with Crippen LogP contribution in [-0.2, 0) is 0 Å². The molecule has 1 unspecified atom stereocenters. The highest BCUT2D eigenvalue weighted by atomic mass is 16.5. The summed E-state index contributed by atoms with van der Waals surface area (Å²) in [5.41, 5.74) is 0.902. The predicted octanol–water partition coefficient (Wildman–Crippen LogP) is 1.41. The average molecular weight is 264 g/mol. The van der Waals surface area contributed by atoms with E-state index in [1.165, 1.54) is 0 Å². The van der Waals surface area contributed by atoms with Gasteiger partial charge in [-0.3, -0.25) is 0 Å². The summed E-state index contributed by atoms with van der Waals surface area (Å²) in [6.45, 7) is 7.76. The van der Waals surface area contributed by atoms with E-state index >= 15 is 0 Å². The molecule has 19 heavy (non-hydrogen) atoms. The Bertz CT molecular complexity index is 378. The molecule has 1 fully saturated rings.